The first-order chi connectivity index (χ1) is 15.4. The highest BCUT2D eigenvalue weighted by Crippen LogP contribution is 2.59. The quantitative estimate of drug-likeness (QED) is 0.684. The Labute approximate surface area is 187 Å². The van der Waals surface area contributed by atoms with Crippen LogP contribution < -0.4 is 0 Å². The van der Waals surface area contributed by atoms with Crippen LogP contribution >= 0.6 is 0 Å². The molecule has 5 atom stereocenters. The molecule has 4 aliphatic rings. The lowest BCUT2D eigenvalue weighted by atomic mass is 9.64. The number of fused-ring (bicyclic) bond motifs is 4. The van der Waals surface area contributed by atoms with E-state index in [9.17, 15) is 14.7 Å². The Balaban J connectivity index is 1.35. The highest BCUT2D eigenvalue weighted by Gasteiger charge is 2.53. The van der Waals surface area contributed by atoms with Gasteiger partial charge in [-0.1, -0.05) is 61.5 Å². The standard InChI is InChI=1S/C28H26O4/c1-28-11-10-19-13-21-24(29)14-20(27(30)31)15-25(21)32-26(19)23(28)9-8-22(28)18-7-6-16-4-2-3-5-17(16)12-18/h2-7,10-13,20,22-23,26H,8-9,14-15H2,1H3,(H,30,31)/t20?,22-,23+,26-,28-/m1/s1. The second-order valence-electron chi connectivity index (χ2n) is 9.93. The Morgan fingerprint density at radius 3 is 2.72 bits per heavy atom. The van der Waals surface area contributed by atoms with E-state index in [4.69, 9.17) is 4.74 Å². The van der Waals surface area contributed by atoms with Crippen LogP contribution in [0.25, 0.3) is 10.8 Å². The number of Topliss-reactive ketones (excluding diaryl/α,β-unsaturated/α-hetero) is 1. The summed E-state index contributed by atoms with van der Waals surface area (Å²) in [4.78, 5) is 24.1. The summed E-state index contributed by atoms with van der Waals surface area (Å²) in [5.74, 6) is -0.455. The van der Waals surface area contributed by atoms with Crippen molar-refractivity contribution in [1.82, 2.24) is 0 Å². The summed E-state index contributed by atoms with van der Waals surface area (Å²) in [6, 6.07) is 15.3. The number of hydrogen-bond acceptors (Lipinski definition) is 3. The average molecular weight is 427 g/mol. The largest absolute Gasteiger partial charge is 0.489 e. The third-order valence-electron chi connectivity index (χ3n) is 8.21. The first-order valence-corrected chi connectivity index (χ1v) is 11.5. The second kappa shape index (κ2) is 6.93. The summed E-state index contributed by atoms with van der Waals surface area (Å²) in [6.07, 6.45) is 8.80. The number of rotatable bonds is 2. The summed E-state index contributed by atoms with van der Waals surface area (Å²) >= 11 is 0. The molecule has 1 saturated carbocycles. The molecule has 1 aliphatic heterocycles. The first kappa shape index (κ1) is 19.5. The van der Waals surface area contributed by atoms with Crippen LogP contribution in [0.1, 0.15) is 44.1 Å². The van der Waals surface area contributed by atoms with Gasteiger partial charge in [-0.2, -0.15) is 0 Å². The van der Waals surface area contributed by atoms with E-state index in [1.807, 2.05) is 6.08 Å². The number of hydrogen-bond donors (Lipinski definition) is 1. The van der Waals surface area contributed by atoms with Crippen LogP contribution in [-0.2, 0) is 14.3 Å². The van der Waals surface area contributed by atoms with Crippen molar-refractivity contribution >= 4 is 22.5 Å². The maximum absolute atomic E-state index is 12.6. The molecule has 162 valence electrons. The predicted molar refractivity (Wildman–Crippen MR) is 122 cm³/mol. The number of carbonyl (C=O) groups is 2. The fourth-order valence-corrected chi connectivity index (χ4v) is 6.44. The average Bonchev–Trinajstić information content (AvgIpc) is 3.15. The number of ketones is 1. The lowest BCUT2D eigenvalue weighted by Crippen LogP contribution is -2.41. The zero-order valence-corrected chi connectivity index (χ0v) is 18.1. The molecule has 1 fully saturated rings. The molecule has 0 amide bonds. The Hall–Kier alpha value is -3.14. The van der Waals surface area contributed by atoms with Gasteiger partial charge >= 0.3 is 5.97 Å². The number of aliphatic carboxylic acids is 1. The molecule has 2 aromatic carbocycles. The Kier molecular flexibility index (Phi) is 4.23. The molecule has 1 N–H and O–H groups in total. The molecule has 32 heavy (non-hydrogen) atoms. The van der Waals surface area contributed by atoms with E-state index in [0.29, 0.717) is 29.6 Å². The first-order valence-electron chi connectivity index (χ1n) is 11.5. The molecule has 0 saturated heterocycles. The van der Waals surface area contributed by atoms with Gasteiger partial charge < -0.3 is 9.84 Å². The Morgan fingerprint density at radius 1 is 1.09 bits per heavy atom. The van der Waals surface area contributed by atoms with Crippen LogP contribution in [0.4, 0.5) is 0 Å². The fraction of sp³-hybridized carbons (Fsp3) is 0.357. The van der Waals surface area contributed by atoms with Crippen LogP contribution in [0.15, 0.2) is 77.6 Å². The third kappa shape index (κ3) is 2.82. The minimum Gasteiger partial charge on any atom is -0.489 e. The smallest absolute Gasteiger partial charge is 0.307 e. The zero-order valence-electron chi connectivity index (χ0n) is 18.1. The topological polar surface area (TPSA) is 63.6 Å². The molecule has 4 heteroatoms. The van der Waals surface area contributed by atoms with Crippen molar-refractivity contribution in [1.29, 1.82) is 0 Å². The summed E-state index contributed by atoms with van der Waals surface area (Å²) in [6.45, 7) is 2.33. The Bertz CT molecular complexity index is 1250. The number of carbonyl (C=O) groups excluding carboxylic acids is 1. The fourth-order valence-electron chi connectivity index (χ4n) is 6.44. The van der Waals surface area contributed by atoms with Gasteiger partial charge in [-0.3, -0.25) is 9.59 Å². The normalized spacial score (nSPS) is 33.3. The van der Waals surface area contributed by atoms with Gasteiger partial charge in [-0.15, -0.1) is 0 Å². The van der Waals surface area contributed by atoms with Crippen LogP contribution in [-0.4, -0.2) is 23.0 Å². The van der Waals surface area contributed by atoms with Crippen LogP contribution in [0.2, 0.25) is 0 Å². The van der Waals surface area contributed by atoms with E-state index >= 15 is 0 Å². The van der Waals surface area contributed by atoms with Crippen molar-refractivity contribution in [3.8, 4) is 0 Å². The maximum atomic E-state index is 12.6. The number of carboxylic acid groups (broad SMARTS) is 1. The molecule has 6 rings (SSSR count). The van der Waals surface area contributed by atoms with Gasteiger partial charge in [0, 0.05) is 18.8 Å². The molecule has 1 unspecified atom stereocenters. The SMILES string of the molecule is C[C@]12C=CC3=CC4=C(CC(C(=O)O)CC4=O)O[C@H]3[C@@H]1CC[C@@H]2c1ccc2ccccc2c1. The molecule has 0 aromatic heterocycles. The van der Waals surface area contributed by atoms with Crippen LogP contribution in [0.5, 0.6) is 0 Å². The van der Waals surface area contributed by atoms with Gasteiger partial charge in [-0.05, 0) is 52.2 Å². The number of ether oxygens (including phenoxy) is 1. The monoisotopic (exact) mass is 426 g/mol. The number of benzene rings is 2. The van der Waals surface area contributed by atoms with E-state index in [2.05, 4.69) is 61.5 Å². The van der Waals surface area contributed by atoms with Gasteiger partial charge in [-0.25, -0.2) is 0 Å². The Morgan fingerprint density at radius 2 is 1.91 bits per heavy atom. The van der Waals surface area contributed by atoms with Crippen molar-refractivity contribution in [3.63, 3.8) is 0 Å². The van der Waals surface area contributed by atoms with Crippen molar-refractivity contribution in [3.05, 3.63) is 83.2 Å². The predicted octanol–water partition coefficient (Wildman–Crippen LogP) is 5.55. The van der Waals surface area contributed by atoms with Gasteiger partial charge in [0.1, 0.15) is 11.9 Å². The lowest BCUT2D eigenvalue weighted by molar-refractivity contribution is -0.144. The molecule has 4 nitrogen and oxygen atoms in total. The van der Waals surface area contributed by atoms with E-state index < -0.39 is 11.9 Å². The molecule has 0 spiro atoms. The highest BCUT2D eigenvalue weighted by molar-refractivity contribution is 6.02. The lowest BCUT2D eigenvalue weighted by Gasteiger charge is -2.44. The molecule has 3 aliphatic carbocycles. The number of carboxylic acids is 1. The van der Waals surface area contributed by atoms with E-state index in [1.54, 1.807) is 0 Å². The van der Waals surface area contributed by atoms with E-state index in [-0.39, 0.29) is 23.7 Å². The van der Waals surface area contributed by atoms with Crippen molar-refractivity contribution in [2.24, 2.45) is 17.3 Å². The van der Waals surface area contributed by atoms with Gasteiger partial charge in [0.2, 0.25) is 0 Å². The summed E-state index contributed by atoms with van der Waals surface area (Å²) in [7, 11) is 0. The molecule has 1 heterocycles. The molecular weight excluding hydrogens is 400 g/mol. The highest BCUT2D eigenvalue weighted by atomic mass is 16.5. The summed E-state index contributed by atoms with van der Waals surface area (Å²) in [5, 5.41) is 12.0. The van der Waals surface area contributed by atoms with Crippen molar-refractivity contribution < 1.29 is 19.4 Å². The van der Waals surface area contributed by atoms with Crippen LogP contribution in [0.3, 0.4) is 0 Å². The summed E-state index contributed by atoms with van der Waals surface area (Å²) < 4.78 is 6.45. The van der Waals surface area contributed by atoms with Gasteiger partial charge in [0.05, 0.1) is 11.5 Å². The summed E-state index contributed by atoms with van der Waals surface area (Å²) in [5.41, 5.74) is 2.94. The molecule has 0 radical (unpaired) electrons. The second-order valence-corrected chi connectivity index (χ2v) is 9.93. The molecular formula is C28H26O4. The zero-order chi connectivity index (χ0) is 22.0. The van der Waals surface area contributed by atoms with Gasteiger partial charge in [0.25, 0.3) is 0 Å². The van der Waals surface area contributed by atoms with E-state index in [0.717, 1.165) is 18.4 Å². The van der Waals surface area contributed by atoms with E-state index in [1.165, 1.54) is 16.3 Å². The van der Waals surface area contributed by atoms with Crippen molar-refractivity contribution in [2.75, 3.05) is 0 Å². The minimum atomic E-state index is -0.922. The third-order valence-corrected chi connectivity index (χ3v) is 8.21. The van der Waals surface area contributed by atoms with Gasteiger partial charge in [0.15, 0.2) is 5.78 Å². The van der Waals surface area contributed by atoms with Crippen molar-refractivity contribution in [2.45, 2.75) is 44.6 Å². The number of allylic oxidation sites excluding steroid dienone is 4. The molecule has 2 aromatic rings. The van der Waals surface area contributed by atoms with Crippen LogP contribution in [0, 0.1) is 17.3 Å². The minimum absolute atomic E-state index is 0.0482. The maximum Gasteiger partial charge on any atom is 0.307 e. The molecule has 0 bridgehead atoms.